The monoisotopic (exact) mass is 508 g/mol. The highest BCUT2D eigenvalue weighted by Gasteiger charge is 2.19. The first-order valence-electron chi connectivity index (χ1n) is 10.7. The van der Waals surface area contributed by atoms with Crippen LogP contribution in [0.1, 0.15) is 5.56 Å². The zero-order valence-corrected chi connectivity index (χ0v) is 20.0. The summed E-state index contributed by atoms with van der Waals surface area (Å²) in [5.74, 6) is -0.465. The van der Waals surface area contributed by atoms with Gasteiger partial charge in [-0.15, -0.1) is 0 Å². The van der Waals surface area contributed by atoms with E-state index in [4.69, 9.17) is 28.9 Å². The quantitative estimate of drug-likeness (QED) is 0.317. The zero-order chi connectivity index (χ0) is 24.8. The summed E-state index contributed by atoms with van der Waals surface area (Å²) < 4.78 is 1.62. The lowest BCUT2D eigenvalue weighted by Crippen LogP contribution is -2.47. The molecule has 4 aromatic rings. The van der Waals surface area contributed by atoms with Gasteiger partial charge in [0.2, 0.25) is 11.8 Å². The summed E-state index contributed by atoms with van der Waals surface area (Å²) >= 11 is 12.3. The molecule has 0 saturated carbocycles. The molecule has 0 unspecified atom stereocenters. The molecule has 0 aliphatic rings. The Morgan fingerprint density at radius 1 is 1.00 bits per heavy atom. The molecule has 0 radical (unpaired) electrons. The topological polar surface area (TPSA) is 115 Å². The Bertz CT molecular complexity index is 1330. The summed E-state index contributed by atoms with van der Waals surface area (Å²) in [6.07, 6.45) is 3.67. The van der Waals surface area contributed by atoms with Gasteiger partial charge in [0.1, 0.15) is 11.9 Å². The molecule has 0 saturated heterocycles. The van der Waals surface area contributed by atoms with E-state index >= 15 is 0 Å². The predicted octanol–water partition coefficient (Wildman–Crippen LogP) is 3.87. The minimum absolute atomic E-state index is 0.113. The van der Waals surface area contributed by atoms with Crippen molar-refractivity contribution in [2.75, 3.05) is 11.9 Å². The number of pyridine rings is 1. The van der Waals surface area contributed by atoms with Crippen molar-refractivity contribution in [3.05, 3.63) is 94.7 Å². The van der Waals surface area contributed by atoms with Crippen molar-refractivity contribution in [3.63, 3.8) is 0 Å². The van der Waals surface area contributed by atoms with Crippen LogP contribution in [0.25, 0.3) is 16.9 Å². The maximum Gasteiger partial charge on any atom is 0.240 e. The molecular weight excluding hydrogens is 487 g/mol. The highest BCUT2D eigenvalue weighted by molar-refractivity contribution is 6.42. The van der Waals surface area contributed by atoms with Crippen LogP contribution in [0.15, 0.2) is 79.1 Å². The molecular formula is C25H22Cl2N6O2. The Kier molecular flexibility index (Phi) is 7.64. The summed E-state index contributed by atoms with van der Waals surface area (Å²) in [5, 5.41) is 11.2. The Balaban J connectivity index is 1.53. The minimum Gasteiger partial charge on any atom is -0.368 e. The van der Waals surface area contributed by atoms with Gasteiger partial charge in [0.25, 0.3) is 0 Å². The van der Waals surface area contributed by atoms with Gasteiger partial charge in [0.05, 0.1) is 28.0 Å². The Hall–Kier alpha value is -3.88. The van der Waals surface area contributed by atoms with Crippen LogP contribution in [0.5, 0.6) is 0 Å². The molecule has 2 amide bonds. The van der Waals surface area contributed by atoms with Gasteiger partial charge < -0.3 is 16.4 Å². The molecule has 2 heterocycles. The number of amides is 2. The number of nitrogens with one attached hydrogen (secondary N) is 2. The summed E-state index contributed by atoms with van der Waals surface area (Å²) in [6.45, 7) is -0.113. The minimum atomic E-state index is -0.836. The summed E-state index contributed by atoms with van der Waals surface area (Å²) in [4.78, 5) is 28.7. The van der Waals surface area contributed by atoms with Crippen LogP contribution in [-0.4, -0.2) is 39.2 Å². The molecule has 0 spiro atoms. The number of aromatic nitrogens is 3. The van der Waals surface area contributed by atoms with Crippen molar-refractivity contribution in [1.29, 1.82) is 0 Å². The summed E-state index contributed by atoms with van der Waals surface area (Å²) in [6, 6.07) is 19.1. The number of hydrogen-bond acceptors (Lipinski definition) is 5. The lowest BCUT2D eigenvalue weighted by Gasteiger charge is -2.16. The van der Waals surface area contributed by atoms with Crippen molar-refractivity contribution < 1.29 is 9.59 Å². The van der Waals surface area contributed by atoms with Crippen molar-refractivity contribution in [3.8, 4) is 16.9 Å². The predicted molar refractivity (Wildman–Crippen MR) is 137 cm³/mol. The van der Waals surface area contributed by atoms with Crippen LogP contribution in [-0.2, 0) is 16.0 Å². The van der Waals surface area contributed by atoms with Gasteiger partial charge in [0.15, 0.2) is 0 Å². The molecule has 178 valence electrons. The van der Waals surface area contributed by atoms with Crippen LogP contribution in [0.3, 0.4) is 0 Å². The first-order valence-corrected chi connectivity index (χ1v) is 11.5. The highest BCUT2D eigenvalue weighted by atomic mass is 35.5. The van der Waals surface area contributed by atoms with E-state index in [1.165, 1.54) is 0 Å². The third kappa shape index (κ3) is 6.17. The molecule has 2 aromatic carbocycles. The molecule has 2 aromatic heterocycles. The molecule has 0 aliphatic heterocycles. The second-order valence-corrected chi connectivity index (χ2v) is 8.55. The fourth-order valence-corrected chi connectivity index (χ4v) is 3.76. The number of carbonyl (C=O) groups is 2. The first-order chi connectivity index (χ1) is 16.9. The standard InChI is InChI=1S/C25H22Cl2N6O2/c26-19-9-8-18(12-20(19)27)33-23(13-21(32-33)17-7-4-10-29-14-17)30-15-24(34)31-22(25(28)35)11-16-5-2-1-3-6-16/h1-10,12-14,22,30H,11,15H2,(H2,28,35)(H,31,34)/t22-/m0/s1. The second-order valence-electron chi connectivity index (χ2n) is 7.73. The lowest BCUT2D eigenvalue weighted by atomic mass is 10.1. The average Bonchev–Trinajstić information content (AvgIpc) is 3.29. The SMILES string of the molecule is NC(=O)[C@H](Cc1ccccc1)NC(=O)CNc1cc(-c2cccnc2)nn1-c1ccc(Cl)c(Cl)c1. The van der Waals surface area contributed by atoms with Gasteiger partial charge in [0, 0.05) is 30.4 Å². The fraction of sp³-hybridized carbons (Fsp3) is 0.120. The average molecular weight is 509 g/mol. The number of primary amides is 1. The van der Waals surface area contributed by atoms with E-state index in [0.717, 1.165) is 11.1 Å². The van der Waals surface area contributed by atoms with Gasteiger partial charge in [-0.05, 0) is 35.9 Å². The third-order valence-corrected chi connectivity index (χ3v) is 5.94. The molecule has 4 N–H and O–H groups in total. The largest absolute Gasteiger partial charge is 0.368 e. The normalized spacial score (nSPS) is 11.6. The summed E-state index contributed by atoms with van der Waals surface area (Å²) in [7, 11) is 0. The fourth-order valence-electron chi connectivity index (χ4n) is 3.46. The first kappa shape index (κ1) is 24.3. The number of hydrogen-bond donors (Lipinski definition) is 3. The van der Waals surface area contributed by atoms with Crippen LogP contribution >= 0.6 is 23.2 Å². The highest BCUT2D eigenvalue weighted by Crippen LogP contribution is 2.28. The van der Waals surface area contributed by atoms with Gasteiger partial charge in [-0.1, -0.05) is 53.5 Å². The Morgan fingerprint density at radius 3 is 2.49 bits per heavy atom. The van der Waals surface area contributed by atoms with E-state index in [1.807, 2.05) is 42.5 Å². The van der Waals surface area contributed by atoms with E-state index in [2.05, 4.69) is 20.7 Å². The Morgan fingerprint density at radius 2 is 1.80 bits per heavy atom. The molecule has 1 atom stereocenters. The number of anilines is 1. The molecule has 10 heteroatoms. The van der Waals surface area contributed by atoms with Gasteiger partial charge >= 0.3 is 0 Å². The van der Waals surface area contributed by atoms with Crippen molar-refractivity contribution in [1.82, 2.24) is 20.1 Å². The van der Waals surface area contributed by atoms with E-state index < -0.39 is 17.9 Å². The van der Waals surface area contributed by atoms with E-state index in [0.29, 0.717) is 33.7 Å². The van der Waals surface area contributed by atoms with E-state index in [9.17, 15) is 9.59 Å². The van der Waals surface area contributed by atoms with Crippen molar-refractivity contribution in [2.45, 2.75) is 12.5 Å². The molecule has 0 bridgehead atoms. The smallest absolute Gasteiger partial charge is 0.240 e. The van der Waals surface area contributed by atoms with Gasteiger partial charge in [-0.3, -0.25) is 14.6 Å². The molecule has 0 fully saturated rings. The number of rotatable bonds is 9. The van der Waals surface area contributed by atoms with E-state index in [-0.39, 0.29) is 6.54 Å². The third-order valence-electron chi connectivity index (χ3n) is 5.21. The molecule has 8 nitrogen and oxygen atoms in total. The number of benzene rings is 2. The van der Waals surface area contributed by atoms with E-state index in [1.54, 1.807) is 41.3 Å². The van der Waals surface area contributed by atoms with Gasteiger partial charge in [-0.2, -0.15) is 5.10 Å². The lowest BCUT2D eigenvalue weighted by molar-refractivity contribution is -0.126. The van der Waals surface area contributed by atoms with Crippen LogP contribution in [0.4, 0.5) is 5.82 Å². The number of nitrogens with two attached hydrogens (primary N) is 1. The maximum absolute atomic E-state index is 12.7. The number of nitrogens with zero attached hydrogens (tertiary/aromatic N) is 3. The molecule has 35 heavy (non-hydrogen) atoms. The number of halogens is 2. The van der Waals surface area contributed by atoms with Crippen LogP contribution in [0.2, 0.25) is 10.0 Å². The number of carbonyl (C=O) groups excluding carboxylic acids is 2. The molecule has 0 aliphatic carbocycles. The molecule has 4 rings (SSSR count). The van der Waals surface area contributed by atoms with Crippen LogP contribution < -0.4 is 16.4 Å². The van der Waals surface area contributed by atoms with Crippen LogP contribution in [0, 0.1) is 0 Å². The van der Waals surface area contributed by atoms with Gasteiger partial charge in [-0.25, -0.2) is 4.68 Å². The Labute approximate surface area is 212 Å². The zero-order valence-electron chi connectivity index (χ0n) is 18.5. The van der Waals surface area contributed by atoms with Crippen molar-refractivity contribution >= 4 is 40.8 Å². The summed E-state index contributed by atoms with van der Waals surface area (Å²) in [5.41, 5.74) is 8.50. The second kappa shape index (κ2) is 11.0. The maximum atomic E-state index is 12.7. The van der Waals surface area contributed by atoms with Crippen molar-refractivity contribution in [2.24, 2.45) is 5.73 Å².